The summed E-state index contributed by atoms with van der Waals surface area (Å²) >= 11 is 0. The molecule has 2 unspecified atom stereocenters. The van der Waals surface area contributed by atoms with Crippen LogP contribution in [0.2, 0.25) is 0 Å². The van der Waals surface area contributed by atoms with E-state index in [0.29, 0.717) is 35.1 Å². The van der Waals surface area contributed by atoms with Gasteiger partial charge in [-0.15, -0.1) is 15.2 Å². The molecular weight excluding hydrogens is 869 g/mol. The molecule has 66 heavy (non-hydrogen) atoms. The minimum atomic E-state index is -0.875. The number of carbonyl (C=O) groups excluding carboxylic acids is 6. The van der Waals surface area contributed by atoms with E-state index in [9.17, 15) is 39.0 Å². The molecule has 22 heteroatoms. The zero-order valence-corrected chi connectivity index (χ0v) is 35.4. The molecule has 7 aliphatic rings. The average Bonchev–Trinajstić information content (AvgIpc) is 4.22. The Hall–Kier alpha value is -5.96. The van der Waals surface area contributed by atoms with Crippen molar-refractivity contribution in [2.45, 2.75) is 100 Å². The van der Waals surface area contributed by atoms with E-state index in [4.69, 9.17) is 36.1 Å². The standard InChI is InChI=1S/C13H13NO5.C13H11NO3.C8H5NO3.C5H11NO3.C5H8O.H4N2.H2O/c15-10-5-7(6-11(10)16)19-14-12(17)8-3-1-2-4-9(8)13(14)18;15-12-10-7-3-4-8-11(10)13(16)14(12)17-9-5-1-2-6-9;10-7-5-3-1-2-4-6(5)8(11)9(7)12;6-9-3-1-4(7)5(8)2-3;6-5-3-1-2-4-5;1-2;/h1-4,7,10-11,15-16H,5-6H2;1-4,7-9H,5-6H2;1-4,12H;3-5,7-8H,1-2,6H2;1-2,5-6H,3-4H2;1-2H2;1H2/t7?,10-,11+;;;3?,4-,5+;;;. The fraction of sp³-hybridized carbons (Fsp3) is 0.364. The number of hydrogen-bond donors (Lipinski definition) is 9. The van der Waals surface area contributed by atoms with Crippen LogP contribution in [-0.2, 0) is 14.5 Å². The maximum absolute atomic E-state index is 12.0. The topological polar surface area (TPSA) is 371 Å². The Labute approximate surface area is 377 Å². The molecule has 0 saturated heterocycles. The maximum atomic E-state index is 12.0. The lowest BCUT2D eigenvalue weighted by molar-refractivity contribution is -0.132. The molecule has 0 spiro atoms. The summed E-state index contributed by atoms with van der Waals surface area (Å²) in [4.78, 5) is 85.3. The number of nitrogens with zero attached hydrogens (tertiary/aromatic N) is 3. The summed E-state index contributed by atoms with van der Waals surface area (Å²) in [5.74, 6) is 9.79. The van der Waals surface area contributed by atoms with Crippen molar-refractivity contribution in [3.05, 3.63) is 130 Å². The zero-order chi connectivity index (χ0) is 47.4. The van der Waals surface area contributed by atoms with Crippen LogP contribution in [0.15, 0.2) is 97.1 Å². The number of amides is 6. The van der Waals surface area contributed by atoms with Crippen LogP contribution in [0.1, 0.15) is 114 Å². The second-order valence-electron chi connectivity index (χ2n) is 15.3. The SMILES string of the molecule is NN.NOC1C[C@@H](O)[C@@H](O)C1.O.O=C1c2ccccc2C(=O)N1O.O=C1c2ccccc2C(=O)N1OC1CC=CC1.O=C1c2ccccc2C(=O)N1OC1C[C@@H](O)[C@@H](O)C1.OC1CC=CC1. The highest BCUT2D eigenvalue weighted by molar-refractivity contribution is 6.21. The number of imide groups is 3. The monoisotopic (exact) mass is 922 g/mol. The molecule has 14 N–H and O–H groups in total. The molecule has 6 amide bonds. The smallest absolute Gasteiger partial charge is 0.285 e. The molecule has 2 saturated carbocycles. The summed E-state index contributed by atoms with van der Waals surface area (Å²) in [6, 6.07) is 19.6. The predicted octanol–water partition coefficient (Wildman–Crippen LogP) is 0.155. The summed E-state index contributed by atoms with van der Waals surface area (Å²) in [6.45, 7) is 0. The minimum Gasteiger partial charge on any atom is -0.412 e. The van der Waals surface area contributed by atoms with E-state index >= 15 is 0 Å². The molecule has 10 rings (SSSR count). The van der Waals surface area contributed by atoms with Gasteiger partial charge in [0.2, 0.25) is 0 Å². The lowest BCUT2D eigenvalue weighted by Crippen LogP contribution is -2.34. The number of carbonyl (C=O) groups is 6. The van der Waals surface area contributed by atoms with Gasteiger partial charge < -0.3 is 35.8 Å². The lowest BCUT2D eigenvalue weighted by Gasteiger charge is -2.18. The van der Waals surface area contributed by atoms with E-state index in [1.165, 1.54) is 12.1 Å². The van der Waals surface area contributed by atoms with Crippen molar-refractivity contribution in [1.29, 1.82) is 0 Å². The number of fused-ring (bicyclic) bond motifs is 3. The van der Waals surface area contributed by atoms with E-state index < -0.39 is 54.1 Å². The molecule has 0 radical (unpaired) electrons. The van der Waals surface area contributed by atoms with Crippen molar-refractivity contribution in [3.8, 4) is 0 Å². The lowest BCUT2D eigenvalue weighted by atomic mass is 10.1. The number of aliphatic hydroxyl groups is 5. The average molecular weight is 923 g/mol. The number of hydrogen-bond acceptors (Lipinski definition) is 18. The Balaban J connectivity index is 0.000000186. The highest BCUT2D eigenvalue weighted by Gasteiger charge is 2.42. The van der Waals surface area contributed by atoms with Crippen LogP contribution in [-0.4, -0.2) is 136 Å². The van der Waals surface area contributed by atoms with Gasteiger partial charge in [-0.1, -0.05) is 60.7 Å². The van der Waals surface area contributed by atoms with Gasteiger partial charge >= 0.3 is 0 Å². The Bertz CT molecular complexity index is 2120. The van der Waals surface area contributed by atoms with Crippen molar-refractivity contribution in [2.75, 3.05) is 0 Å². The van der Waals surface area contributed by atoms with Gasteiger partial charge in [0.1, 0.15) is 0 Å². The number of rotatable bonds is 5. The number of hydrazine groups is 1. The van der Waals surface area contributed by atoms with Crippen molar-refractivity contribution in [3.63, 3.8) is 0 Å². The molecular formula is C44H54N6O16. The Morgan fingerprint density at radius 1 is 0.439 bits per heavy atom. The molecule has 3 aromatic carbocycles. The number of aliphatic hydroxyl groups excluding tert-OH is 5. The molecule has 0 aromatic heterocycles. The predicted molar refractivity (Wildman–Crippen MR) is 229 cm³/mol. The van der Waals surface area contributed by atoms with Crippen molar-refractivity contribution in [2.24, 2.45) is 17.6 Å². The van der Waals surface area contributed by atoms with E-state index in [0.717, 1.165) is 35.8 Å². The fourth-order valence-corrected chi connectivity index (χ4v) is 7.38. The summed E-state index contributed by atoms with van der Waals surface area (Å²) in [5, 5.41) is 56.0. The second kappa shape index (κ2) is 24.5. The first-order valence-corrected chi connectivity index (χ1v) is 20.5. The molecule has 22 nitrogen and oxygen atoms in total. The summed E-state index contributed by atoms with van der Waals surface area (Å²) < 4.78 is 0. The van der Waals surface area contributed by atoms with E-state index in [2.05, 4.69) is 16.5 Å². The molecule has 2 fully saturated rings. The Kier molecular flexibility index (Phi) is 19.6. The molecule has 6 atom stereocenters. The third kappa shape index (κ3) is 12.5. The van der Waals surface area contributed by atoms with Gasteiger partial charge in [0.05, 0.1) is 82.2 Å². The zero-order valence-electron chi connectivity index (χ0n) is 35.4. The van der Waals surface area contributed by atoms with Crippen molar-refractivity contribution < 1.29 is 79.5 Å². The molecule has 356 valence electrons. The molecule has 3 aliphatic heterocycles. The van der Waals surface area contributed by atoms with Crippen LogP contribution >= 0.6 is 0 Å². The third-order valence-corrected chi connectivity index (χ3v) is 10.8. The maximum Gasteiger partial charge on any atom is 0.285 e. The van der Waals surface area contributed by atoms with E-state index in [1.54, 1.807) is 60.7 Å². The van der Waals surface area contributed by atoms with Crippen LogP contribution in [0.3, 0.4) is 0 Å². The van der Waals surface area contributed by atoms with Crippen LogP contribution < -0.4 is 17.6 Å². The highest BCUT2D eigenvalue weighted by atomic mass is 16.7. The summed E-state index contributed by atoms with van der Waals surface area (Å²) in [6.07, 6.45) is 8.56. The minimum absolute atomic E-state index is 0. The van der Waals surface area contributed by atoms with Crippen LogP contribution in [0.4, 0.5) is 0 Å². The van der Waals surface area contributed by atoms with Crippen molar-refractivity contribution >= 4 is 35.4 Å². The second-order valence-corrected chi connectivity index (χ2v) is 15.3. The highest BCUT2D eigenvalue weighted by Crippen LogP contribution is 2.29. The number of nitrogens with two attached hydrogens (primary N) is 3. The molecule has 0 bridgehead atoms. The first kappa shape index (κ1) is 52.7. The van der Waals surface area contributed by atoms with Crippen LogP contribution in [0, 0.1) is 0 Å². The molecule has 3 heterocycles. The van der Waals surface area contributed by atoms with Crippen LogP contribution in [0.5, 0.6) is 0 Å². The van der Waals surface area contributed by atoms with Gasteiger partial charge in [-0.2, -0.15) is 0 Å². The molecule has 4 aliphatic carbocycles. The van der Waals surface area contributed by atoms with Crippen molar-refractivity contribution in [1.82, 2.24) is 15.2 Å². The molecule has 3 aromatic rings. The Morgan fingerprint density at radius 2 is 0.712 bits per heavy atom. The first-order chi connectivity index (χ1) is 31.2. The fourth-order valence-electron chi connectivity index (χ4n) is 7.38. The van der Waals surface area contributed by atoms with Gasteiger partial charge in [-0.3, -0.25) is 55.3 Å². The number of benzene rings is 3. The third-order valence-electron chi connectivity index (χ3n) is 10.8. The largest absolute Gasteiger partial charge is 0.412 e. The summed E-state index contributed by atoms with van der Waals surface area (Å²) in [7, 11) is 0. The van der Waals surface area contributed by atoms with Gasteiger partial charge in [0.25, 0.3) is 35.4 Å². The normalized spacial score (nSPS) is 24.5. The van der Waals surface area contributed by atoms with Gasteiger partial charge in [0.15, 0.2) is 0 Å². The Morgan fingerprint density at radius 3 is 0.985 bits per heavy atom. The summed E-state index contributed by atoms with van der Waals surface area (Å²) in [5.41, 5.74) is 1.97. The van der Waals surface area contributed by atoms with Crippen LogP contribution in [0.25, 0.3) is 0 Å². The number of hydroxylamine groups is 6. The quantitative estimate of drug-likeness (QED) is 0.0541. The first-order valence-electron chi connectivity index (χ1n) is 20.5. The van der Waals surface area contributed by atoms with Gasteiger partial charge in [-0.05, 0) is 62.1 Å². The van der Waals surface area contributed by atoms with Gasteiger partial charge in [-0.25, -0.2) is 5.90 Å². The van der Waals surface area contributed by atoms with Gasteiger partial charge in [0, 0.05) is 25.7 Å². The van der Waals surface area contributed by atoms with E-state index in [-0.39, 0.29) is 64.6 Å². The van der Waals surface area contributed by atoms with E-state index in [1.807, 2.05) is 24.3 Å².